The second-order valence-electron chi connectivity index (χ2n) is 20.5. The third-order valence-corrected chi connectivity index (χ3v) is 11.5. The van der Waals surface area contributed by atoms with Crippen LogP contribution >= 0.6 is 24.0 Å². The first-order chi connectivity index (χ1) is 31.4. The SMILES string of the molecule is CC(C)c1ccc(N)cc1-n1cnnn1.CC(C)c1ccc(Nc2ncc(F)c(NC3CC(C)(C)NC(C)(C)C3)n2)cc1-n1cnnn1.CC1(C)CC(Nc2nc(Cl)ncc2F)CC(C)(C)N1.Cl. The molecule has 0 bridgehead atoms. The lowest BCUT2D eigenvalue weighted by Gasteiger charge is -2.46. The van der Waals surface area contributed by atoms with Crippen LogP contribution in [0, 0.1) is 11.6 Å². The molecule has 2 saturated heterocycles. The maximum Gasteiger partial charge on any atom is 0.229 e. The molecule has 0 unspecified atom stereocenters. The highest BCUT2D eigenvalue weighted by molar-refractivity contribution is 6.28. The zero-order valence-corrected chi connectivity index (χ0v) is 42.5. The highest BCUT2D eigenvalue weighted by atomic mass is 35.5. The summed E-state index contributed by atoms with van der Waals surface area (Å²) in [5.74, 6) is 0.438. The van der Waals surface area contributed by atoms with E-state index < -0.39 is 11.6 Å². The monoisotopic (exact) mass is 979 g/mol. The van der Waals surface area contributed by atoms with Gasteiger partial charge < -0.3 is 32.3 Å². The molecule has 2 fully saturated rings. The summed E-state index contributed by atoms with van der Waals surface area (Å²) >= 11 is 5.71. The van der Waals surface area contributed by atoms with Gasteiger partial charge in [0.15, 0.2) is 23.3 Å². The molecule has 6 aromatic rings. The van der Waals surface area contributed by atoms with Crippen LogP contribution < -0.4 is 32.3 Å². The van der Waals surface area contributed by atoms with Gasteiger partial charge in [0, 0.05) is 45.6 Å². The molecule has 0 spiro atoms. The minimum absolute atomic E-state index is 0. The van der Waals surface area contributed by atoms with E-state index in [1.165, 1.54) is 11.8 Å². The smallest absolute Gasteiger partial charge is 0.229 e. The van der Waals surface area contributed by atoms with E-state index in [9.17, 15) is 8.78 Å². The fourth-order valence-electron chi connectivity index (χ4n) is 9.44. The lowest BCUT2D eigenvalue weighted by molar-refractivity contribution is 0.170. The van der Waals surface area contributed by atoms with Crippen LogP contribution in [-0.2, 0) is 0 Å². The first kappa shape index (κ1) is 53.3. The molecule has 2 aliphatic rings. The van der Waals surface area contributed by atoms with Crippen LogP contribution in [0.4, 0.5) is 37.7 Å². The van der Waals surface area contributed by atoms with E-state index in [1.807, 2.05) is 36.4 Å². The normalized spacial score (nSPS) is 17.2. The van der Waals surface area contributed by atoms with Crippen molar-refractivity contribution in [1.29, 1.82) is 0 Å². The second-order valence-corrected chi connectivity index (χ2v) is 20.9. The Morgan fingerprint density at radius 3 is 1.56 bits per heavy atom. The first-order valence-electron chi connectivity index (χ1n) is 22.5. The van der Waals surface area contributed by atoms with Gasteiger partial charge in [-0.15, -0.1) is 22.6 Å². The maximum atomic E-state index is 14.6. The van der Waals surface area contributed by atoms with Crippen LogP contribution in [0.25, 0.3) is 11.4 Å². The van der Waals surface area contributed by atoms with E-state index in [2.05, 4.69) is 161 Å². The molecule has 18 nitrogen and oxygen atoms in total. The number of benzene rings is 2. The Morgan fingerprint density at radius 2 is 1.10 bits per heavy atom. The lowest BCUT2D eigenvalue weighted by atomic mass is 9.79. The molecule has 4 aromatic heterocycles. The van der Waals surface area contributed by atoms with Crippen molar-refractivity contribution in [2.75, 3.05) is 21.7 Å². The average Bonchev–Trinajstić information content (AvgIpc) is 3.95. The molecule has 0 amide bonds. The second kappa shape index (κ2) is 21.7. The fourth-order valence-corrected chi connectivity index (χ4v) is 9.57. The number of hydrogen-bond donors (Lipinski definition) is 6. The lowest BCUT2D eigenvalue weighted by Crippen LogP contribution is -2.60. The van der Waals surface area contributed by atoms with Gasteiger partial charge in [-0.2, -0.15) is 9.97 Å². The molecule has 6 heterocycles. The van der Waals surface area contributed by atoms with Crippen molar-refractivity contribution in [1.82, 2.24) is 71.0 Å². The summed E-state index contributed by atoms with van der Waals surface area (Å²) in [6, 6.07) is 11.9. The number of nitrogens with two attached hydrogens (primary N) is 1. The summed E-state index contributed by atoms with van der Waals surface area (Å²) in [5, 5.41) is 39.5. The molecule has 22 heteroatoms. The quantitative estimate of drug-likeness (QED) is 0.0556. The summed E-state index contributed by atoms with van der Waals surface area (Å²) in [6.45, 7) is 25.7. The number of piperidine rings is 2. The molecular weight excluding hydrogens is 914 g/mol. The van der Waals surface area contributed by atoms with Crippen LogP contribution in [0.5, 0.6) is 0 Å². The molecule has 7 N–H and O–H groups in total. The van der Waals surface area contributed by atoms with E-state index in [0.717, 1.165) is 54.5 Å². The highest BCUT2D eigenvalue weighted by Crippen LogP contribution is 2.33. The van der Waals surface area contributed by atoms with E-state index in [-0.39, 0.29) is 69.5 Å². The minimum atomic E-state index is -0.474. The van der Waals surface area contributed by atoms with Crippen molar-refractivity contribution in [2.45, 2.75) is 155 Å². The molecule has 368 valence electrons. The number of halogens is 4. The molecule has 2 aliphatic heterocycles. The Balaban J connectivity index is 0.000000209. The Bertz CT molecular complexity index is 2540. The molecule has 68 heavy (non-hydrogen) atoms. The number of nitrogens with one attached hydrogen (secondary N) is 5. The Kier molecular flexibility index (Phi) is 17.0. The number of hydrogen-bond acceptors (Lipinski definition) is 16. The van der Waals surface area contributed by atoms with Crippen LogP contribution in [0.2, 0.25) is 5.28 Å². The molecule has 0 radical (unpaired) electrons. The standard InChI is InChI=1S/C23H32FN9.C13H20ClFN4.C10H13N5.ClH/c1-14(2)17-8-7-15(9-19(17)33-13-26-31-32-33)28-21-25-12-18(24)20(29-21)27-16-10-22(3,4)30-23(5,6)11-16;1-12(2)5-8(6-13(3,4)19-12)17-10-9(15)7-16-11(14)18-10;1-7(2)9-4-3-8(11)5-10(9)15-6-12-13-14-15;/h7-9,12-14,16,30H,10-11H2,1-6H3,(H2,25,27,28,29);7-8,19H,5-6H2,1-4H3,(H,16,17,18);3-7H,11H2,1-2H3;1H. The Morgan fingerprint density at radius 1 is 0.662 bits per heavy atom. The van der Waals surface area contributed by atoms with Crippen LogP contribution in [-0.4, -0.2) is 94.6 Å². The number of rotatable bonds is 10. The van der Waals surface area contributed by atoms with E-state index in [4.69, 9.17) is 17.3 Å². The van der Waals surface area contributed by atoms with E-state index in [1.54, 1.807) is 22.0 Å². The van der Waals surface area contributed by atoms with Gasteiger partial charge in [0.05, 0.1) is 23.8 Å². The van der Waals surface area contributed by atoms with Gasteiger partial charge in [0.2, 0.25) is 11.2 Å². The first-order valence-corrected chi connectivity index (χ1v) is 22.8. The molecule has 2 aromatic carbocycles. The molecule has 0 aliphatic carbocycles. The van der Waals surface area contributed by atoms with Crippen molar-refractivity contribution in [3.05, 3.63) is 89.5 Å². The minimum Gasteiger partial charge on any atom is -0.399 e. The number of aromatic nitrogens is 12. The van der Waals surface area contributed by atoms with Gasteiger partial charge >= 0.3 is 0 Å². The van der Waals surface area contributed by atoms with Crippen molar-refractivity contribution >= 4 is 53.0 Å². The van der Waals surface area contributed by atoms with E-state index in [0.29, 0.717) is 17.6 Å². The number of anilines is 5. The van der Waals surface area contributed by atoms with Crippen molar-refractivity contribution < 1.29 is 8.78 Å². The van der Waals surface area contributed by atoms with Gasteiger partial charge in [-0.25, -0.2) is 28.1 Å². The fraction of sp³-hybridized carbons (Fsp3) is 0.522. The van der Waals surface area contributed by atoms with Gasteiger partial charge in [-0.1, -0.05) is 39.8 Å². The van der Waals surface area contributed by atoms with Gasteiger partial charge in [0.25, 0.3) is 0 Å². The zero-order chi connectivity index (χ0) is 48.9. The number of tetrazole rings is 2. The molecular formula is C46H66Cl2F2N18. The summed E-state index contributed by atoms with van der Waals surface area (Å²) in [5.41, 5.74) is 11.2. The highest BCUT2D eigenvalue weighted by Gasteiger charge is 2.39. The topological polar surface area (TPSA) is 225 Å². The van der Waals surface area contributed by atoms with Crippen LogP contribution in [0.15, 0.2) is 61.4 Å². The average molecular weight is 980 g/mol. The van der Waals surface area contributed by atoms with Crippen molar-refractivity contribution in [3.8, 4) is 11.4 Å². The molecule has 8 rings (SSSR count). The molecule has 0 atom stereocenters. The number of nitrogens with zero attached hydrogens (tertiary/aromatic N) is 12. The van der Waals surface area contributed by atoms with Crippen molar-refractivity contribution in [2.24, 2.45) is 0 Å². The zero-order valence-electron chi connectivity index (χ0n) is 40.9. The summed E-state index contributed by atoms with van der Waals surface area (Å²) in [7, 11) is 0. The van der Waals surface area contributed by atoms with Gasteiger partial charge in [0.1, 0.15) is 12.7 Å². The largest absolute Gasteiger partial charge is 0.399 e. The third kappa shape index (κ3) is 14.7. The van der Waals surface area contributed by atoms with Crippen LogP contribution in [0.1, 0.15) is 132 Å². The third-order valence-electron chi connectivity index (χ3n) is 11.3. The molecule has 0 saturated carbocycles. The number of nitrogen functional groups attached to an aromatic ring is 1. The summed E-state index contributed by atoms with van der Waals surface area (Å²) in [4.78, 5) is 16.1. The predicted octanol–water partition coefficient (Wildman–Crippen LogP) is 8.96. The van der Waals surface area contributed by atoms with Crippen molar-refractivity contribution in [3.63, 3.8) is 0 Å². The van der Waals surface area contributed by atoms with Gasteiger partial charge in [-0.3, -0.25) is 0 Å². The Hall–Kier alpha value is -5.70. The van der Waals surface area contributed by atoms with Gasteiger partial charge in [-0.05, 0) is 161 Å². The maximum absolute atomic E-state index is 14.6. The van der Waals surface area contributed by atoms with E-state index >= 15 is 0 Å². The predicted molar refractivity (Wildman–Crippen MR) is 266 cm³/mol. The summed E-state index contributed by atoms with van der Waals surface area (Å²) in [6.07, 6.45) is 8.90. The summed E-state index contributed by atoms with van der Waals surface area (Å²) < 4.78 is 31.5. The van der Waals surface area contributed by atoms with Crippen LogP contribution in [0.3, 0.4) is 0 Å². The Labute approximate surface area is 408 Å².